The number of ketones is 1. The Morgan fingerprint density at radius 1 is 1.22 bits per heavy atom. The third-order valence-electron chi connectivity index (χ3n) is 2.81. The largest absolute Gasteiger partial charge is 0.495 e. The molecule has 0 fully saturated rings. The number of thiophene rings is 1. The Balaban J connectivity index is 2.23. The summed E-state index contributed by atoms with van der Waals surface area (Å²) >= 11 is 1.42. The Kier molecular flexibility index (Phi) is 4.15. The van der Waals surface area contributed by atoms with Crippen molar-refractivity contribution in [2.45, 2.75) is 19.8 Å². The molecule has 94 valence electrons. The van der Waals surface area contributed by atoms with Gasteiger partial charge in [0.25, 0.3) is 0 Å². The van der Waals surface area contributed by atoms with Crippen molar-refractivity contribution in [3.8, 4) is 5.75 Å². The molecule has 0 amide bonds. The third kappa shape index (κ3) is 2.62. The van der Waals surface area contributed by atoms with Crippen molar-refractivity contribution < 1.29 is 9.53 Å². The number of hydrogen-bond acceptors (Lipinski definition) is 3. The molecule has 0 saturated heterocycles. The van der Waals surface area contributed by atoms with Gasteiger partial charge in [-0.2, -0.15) is 0 Å². The smallest absolute Gasteiger partial charge is 0.206 e. The van der Waals surface area contributed by atoms with Gasteiger partial charge in [-0.05, 0) is 23.4 Å². The zero-order chi connectivity index (χ0) is 13.0. The van der Waals surface area contributed by atoms with E-state index in [1.54, 1.807) is 7.11 Å². The van der Waals surface area contributed by atoms with Crippen LogP contribution in [0.25, 0.3) is 0 Å². The predicted molar refractivity (Wildman–Crippen MR) is 74.7 cm³/mol. The van der Waals surface area contributed by atoms with Gasteiger partial charge in [0.1, 0.15) is 10.6 Å². The van der Waals surface area contributed by atoms with Crippen molar-refractivity contribution in [3.63, 3.8) is 0 Å². The molecule has 3 heteroatoms. The highest BCUT2D eigenvalue weighted by Gasteiger charge is 2.15. The molecule has 1 aromatic heterocycles. The van der Waals surface area contributed by atoms with E-state index < -0.39 is 0 Å². The summed E-state index contributed by atoms with van der Waals surface area (Å²) in [6, 6.07) is 9.66. The minimum atomic E-state index is 0.0323. The first kappa shape index (κ1) is 12.8. The van der Waals surface area contributed by atoms with Crippen molar-refractivity contribution in [2.24, 2.45) is 0 Å². The Hall–Kier alpha value is -1.61. The summed E-state index contributed by atoms with van der Waals surface area (Å²) in [6.07, 6.45) is 2.17. The molecule has 1 heterocycles. The Labute approximate surface area is 111 Å². The lowest BCUT2D eigenvalue weighted by atomic mass is 10.0. The zero-order valence-electron chi connectivity index (χ0n) is 10.6. The number of ether oxygens (including phenoxy) is 1. The molecular formula is C15H16O2S. The molecule has 0 radical (unpaired) electrons. The second kappa shape index (κ2) is 5.83. The van der Waals surface area contributed by atoms with Crippen molar-refractivity contribution in [1.29, 1.82) is 0 Å². The van der Waals surface area contributed by atoms with E-state index in [4.69, 9.17) is 4.74 Å². The number of methoxy groups -OCH3 is 1. The maximum atomic E-state index is 12.3. The molecule has 0 bridgehead atoms. The summed E-state index contributed by atoms with van der Waals surface area (Å²) < 4.78 is 5.18. The van der Waals surface area contributed by atoms with Gasteiger partial charge < -0.3 is 4.74 Å². The number of aryl methyl sites for hydroxylation is 1. The van der Waals surface area contributed by atoms with E-state index in [9.17, 15) is 4.79 Å². The second-order valence-corrected chi connectivity index (χ2v) is 5.01. The molecule has 0 saturated carbocycles. The van der Waals surface area contributed by atoms with Crippen LogP contribution in [0.15, 0.2) is 35.7 Å². The van der Waals surface area contributed by atoms with Crippen LogP contribution in [-0.4, -0.2) is 12.9 Å². The van der Waals surface area contributed by atoms with Crippen LogP contribution >= 0.6 is 11.3 Å². The predicted octanol–water partition coefficient (Wildman–Crippen LogP) is 3.94. The molecule has 2 nitrogen and oxygen atoms in total. The van der Waals surface area contributed by atoms with Crippen LogP contribution < -0.4 is 4.74 Å². The van der Waals surface area contributed by atoms with Gasteiger partial charge in [-0.1, -0.05) is 37.6 Å². The Morgan fingerprint density at radius 2 is 1.94 bits per heavy atom. The fraction of sp³-hybridized carbons (Fsp3) is 0.267. The number of rotatable bonds is 5. The van der Waals surface area contributed by atoms with Gasteiger partial charge in [0.2, 0.25) is 5.78 Å². The minimum Gasteiger partial charge on any atom is -0.495 e. The van der Waals surface area contributed by atoms with Gasteiger partial charge in [0.15, 0.2) is 0 Å². The van der Waals surface area contributed by atoms with Gasteiger partial charge >= 0.3 is 0 Å². The molecule has 18 heavy (non-hydrogen) atoms. The minimum absolute atomic E-state index is 0.0323. The fourth-order valence-corrected chi connectivity index (χ4v) is 2.69. The average Bonchev–Trinajstić information content (AvgIpc) is 2.87. The van der Waals surface area contributed by atoms with Gasteiger partial charge in [-0.25, -0.2) is 0 Å². The maximum absolute atomic E-state index is 12.3. The third-order valence-corrected chi connectivity index (χ3v) is 3.70. The highest BCUT2D eigenvalue weighted by molar-refractivity contribution is 7.12. The van der Waals surface area contributed by atoms with Gasteiger partial charge in [-0.3, -0.25) is 4.79 Å². The number of carbonyl (C=O) groups excluding carboxylic acids is 1. The molecule has 1 aromatic carbocycles. The van der Waals surface area contributed by atoms with E-state index in [-0.39, 0.29) is 5.78 Å². The monoisotopic (exact) mass is 260 g/mol. The molecule has 2 rings (SSSR count). The molecule has 0 aliphatic heterocycles. The average molecular weight is 260 g/mol. The van der Waals surface area contributed by atoms with E-state index >= 15 is 0 Å². The summed E-state index contributed by atoms with van der Waals surface area (Å²) in [6.45, 7) is 2.15. The summed E-state index contributed by atoms with van der Waals surface area (Å²) in [5, 5.41) is 1.87. The topological polar surface area (TPSA) is 26.3 Å². The lowest BCUT2D eigenvalue weighted by Gasteiger charge is -2.03. The van der Waals surface area contributed by atoms with Gasteiger partial charge in [0, 0.05) is 5.56 Å². The SMILES string of the molecule is CCCc1ccc(C(=O)c2sccc2OC)cc1. The highest BCUT2D eigenvalue weighted by Crippen LogP contribution is 2.27. The van der Waals surface area contributed by atoms with Crippen LogP contribution in [0, 0.1) is 0 Å². The summed E-state index contributed by atoms with van der Waals surface area (Å²) in [4.78, 5) is 13.0. The molecule has 0 unspecified atom stereocenters. The molecule has 0 N–H and O–H groups in total. The standard InChI is InChI=1S/C15H16O2S/c1-3-4-11-5-7-12(8-6-11)14(16)15-13(17-2)9-10-18-15/h5-10H,3-4H2,1-2H3. The zero-order valence-corrected chi connectivity index (χ0v) is 11.4. The van der Waals surface area contributed by atoms with Crippen LogP contribution in [0.1, 0.15) is 34.1 Å². The van der Waals surface area contributed by atoms with E-state index in [2.05, 4.69) is 6.92 Å². The van der Waals surface area contributed by atoms with Crippen molar-refractivity contribution >= 4 is 17.1 Å². The lowest BCUT2D eigenvalue weighted by molar-refractivity contribution is 0.104. The number of carbonyl (C=O) groups is 1. The first-order chi connectivity index (χ1) is 8.76. The van der Waals surface area contributed by atoms with E-state index in [0.717, 1.165) is 18.4 Å². The van der Waals surface area contributed by atoms with E-state index in [1.165, 1.54) is 16.9 Å². The molecule has 2 aromatic rings. The molecular weight excluding hydrogens is 244 g/mol. The highest BCUT2D eigenvalue weighted by atomic mass is 32.1. The van der Waals surface area contributed by atoms with Gasteiger partial charge in [0.05, 0.1) is 7.11 Å². The summed E-state index contributed by atoms with van der Waals surface area (Å²) in [7, 11) is 1.59. The van der Waals surface area contributed by atoms with Crippen molar-refractivity contribution in [1.82, 2.24) is 0 Å². The van der Waals surface area contributed by atoms with Crippen molar-refractivity contribution in [2.75, 3.05) is 7.11 Å². The first-order valence-corrected chi connectivity index (χ1v) is 6.89. The maximum Gasteiger partial charge on any atom is 0.206 e. The van der Waals surface area contributed by atoms with Crippen LogP contribution in [0.4, 0.5) is 0 Å². The fourth-order valence-electron chi connectivity index (χ4n) is 1.87. The van der Waals surface area contributed by atoms with Crippen molar-refractivity contribution in [3.05, 3.63) is 51.7 Å². The summed E-state index contributed by atoms with van der Waals surface area (Å²) in [5.41, 5.74) is 1.99. The summed E-state index contributed by atoms with van der Waals surface area (Å²) in [5.74, 6) is 0.688. The van der Waals surface area contributed by atoms with Crippen LogP contribution in [0.2, 0.25) is 0 Å². The quantitative estimate of drug-likeness (QED) is 0.761. The molecule has 0 aliphatic carbocycles. The normalized spacial score (nSPS) is 10.3. The Morgan fingerprint density at radius 3 is 2.56 bits per heavy atom. The van der Waals surface area contributed by atoms with Crippen LogP contribution in [0.3, 0.4) is 0 Å². The van der Waals surface area contributed by atoms with E-state index in [1.807, 2.05) is 35.7 Å². The van der Waals surface area contributed by atoms with Crippen LogP contribution in [0.5, 0.6) is 5.75 Å². The van der Waals surface area contributed by atoms with Crippen LogP contribution in [-0.2, 0) is 6.42 Å². The second-order valence-electron chi connectivity index (χ2n) is 4.09. The molecule has 0 atom stereocenters. The van der Waals surface area contributed by atoms with E-state index in [0.29, 0.717) is 10.6 Å². The number of hydrogen-bond donors (Lipinski definition) is 0. The van der Waals surface area contributed by atoms with Gasteiger partial charge in [-0.15, -0.1) is 11.3 Å². The molecule has 0 aliphatic rings. The Bertz CT molecular complexity index is 526. The number of benzene rings is 1. The molecule has 0 spiro atoms. The first-order valence-electron chi connectivity index (χ1n) is 6.01. The lowest BCUT2D eigenvalue weighted by Crippen LogP contribution is -2.01.